The van der Waals surface area contributed by atoms with Crippen LogP contribution < -0.4 is 5.32 Å². The summed E-state index contributed by atoms with van der Waals surface area (Å²) in [6.07, 6.45) is 1.57. The summed E-state index contributed by atoms with van der Waals surface area (Å²) in [6.45, 7) is 0.359. The van der Waals surface area contributed by atoms with Crippen LogP contribution in [0.3, 0.4) is 0 Å². The van der Waals surface area contributed by atoms with Crippen molar-refractivity contribution in [2.75, 3.05) is 5.75 Å². The number of nitrogens with zero attached hydrogens (tertiary/aromatic N) is 3. The summed E-state index contributed by atoms with van der Waals surface area (Å²) in [6, 6.07) is 13.6. The minimum Gasteiger partial charge on any atom is -0.467 e. The number of fused-ring (bicyclic) bond motifs is 1. The molecule has 1 aromatic carbocycles. The van der Waals surface area contributed by atoms with Crippen molar-refractivity contribution in [3.63, 3.8) is 0 Å². The van der Waals surface area contributed by atoms with Crippen LogP contribution in [0.1, 0.15) is 5.76 Å². The van der Waals surface area contributed by atoms with Crippen molar-refractivity contribution in [1.82, 2.24) is 20.1 Å². The molecule has 0 saturated heterocycles. The van der Waals surface area contributed by atoms with Gasteiger partial charge in [-0.1, -0.05) is 30.0 Å². The fourth-order valence-corrected chi connectivity index (χ4v) is 3.24. The molecule has 4 rings (SSSR count). The van der Waals surface area contributed by atoms with Crippen LogP contribution in [-0.4, -0.2) is 26.4 Å². The molecule has 0 bridgehead atoms. The normalized spacial score (nSPS) is 11.1. The van der Waals surface area contributed by atoms with E-state index in [4.69, 9.17) is 8.83 Å². The molecular weight excluding hydrogens is 352 g/mol. The minimum absolute atomic E-state index is 0.129. The molecule has 0 aliphatic rings. The zero-order chi connectivity index (χ0) is 17.9. The molecule has 4 aromatic rings. The highest BCUT2D eigenvalue weighted by atomic mass is 32.2. The lowest BCUT2D eigenvalue weighted by Crippen LogP contribution is -2.24. The number of benzene rings is 1. The highest BCUT2D eigenvalue weighted by molar-refractivity contribution is 7.99. The first-order chi connectivity index (χ1) is 12.7. The van der Waals surface area contributed by atoms with E-state index in [1.54, 1.807) is 12.3 Å². The Morgan fingerprint density at radius 3 is 2.92 bits per heavy atom. The van der Waals surface area contributed by atoms with Crippen LogP contribution in [0.25, 0.3) is 22.5 Å². The number of aryl methyl sites for hydroxylation is 1. The van der Waals surface area contributed by atoms with Gasteiger partial charge in [0.15, 0.2) is 0 Å². The standard InChI is InChI=1S/C18H16N4O3S/c1-22-14-7-3-2-5-12(14)9-15(22)17-20-21-18(25-17)26-11-16(23)19-10-13-6-4-8-24-13/h2-9H,10-11H2,1H3,(H,19,23). The van der Waals surface area contributed by atoms with Crippen molar-refractivity contribution < 1.29 is 13.6 Å². The Kier molecular flexibility index (Phi) is 4.49. The Morgan fingerprint density at radius 1 is 1.23 bits per heavy atom. The van der Waals surface area contributed by atoms with E-state index in [-0.39, 0.29) is 11.7 Å². The van der Waals surface area contributed by atoms with E-state index < -0.39 is 0 Å². The van der Waals surface area contributed by atoms with Crippen molar-refractivity contribution >= 4 is 28.6 Å². The smallest absolute Gasteiger partial charge is 0.277 e. The molecule has 1 N–H and O–H groups in total. The van der Waals surface area contributed by atoms with Gasteiger partial charge in [0, 0.05) is 18.0 Å². The van der Waals surface area contributed by atoms with Gasteiger partial charge < -0.3 is 18.7 Å². The van der Waals surface area contributed by atoms with Gasteiger partial charge in [-0.25, -0.2) is 0 Å². The van der Waals surface area contributed by atoms with E-state index in [9.17, 15) is 4.79 Å². The molecule has 1 amide bonds. The lowest BCUT2D eigenvalue weighted by atomic mass is 10.2. The molecule has 132 valence electrons. The van der Waals surface area contributed by atoms with Gasteiger partial charge in [0.1, 0.15) is 11.5 Å². The first-order valence-corrected chi connectivity index (χ1v) is 8.99. The second kappa shape index (κ2) is 7.09. The summed E-state index contributed by atoms with van der Waals surface area (Å²) in [5.74, 6) is 1.20. The van der Waals surface area contributed by atoms with Crippen LogP contribution >= 0.6 is 11.8 Å². The number of aromatic nitrogens is 3. The van der Waals surface area contributed by atoms with Crippen LogP contribution in [0.5, 0.6) is 0 Å². The van der Waals surface area contributed by atoms with E-state index in [0.29, 0.717) is 23.4 Å². The number of furan rings is 1. The van der Waals surface area contributed by atoms with Crippen molar-refractivity contribution in [2.45, 2.75) is 11.8 Å². The maximum Gasteiger partial charge on any atom is 0.277 e. The van der Waals surface area contributed by atoms with Gasteiger partial charge in [0.25, 0.3) is 11.1 Å². The molecule has 8 heteroatoms. The Labute approximate surface area is 153 Å². The maximum absolute atomic E-state index is 11.9. The molecule has 0 radical (unpaired) electrons. The highest BCUT2D eigenvalue weighted by Gasteiger charge is 2.15. The monoisotopic (exact) mass is 368 g/mol. The average molecular weight is 368 g/mol. The molecule has 7 nitrogen and oxygen atoms in total. The molecule has 26 heavy (non-hydrogen) atoms. The SMILES string of the molecule is Cn1c(-c2nnc(SCC(=O)NCc3ccco3)o2)cc2ccccc21. The molecular formula is C18H16N4O3S. The highest BCUT2D eigenvalue weighted by Crippen LogP contribution is 2.28. The molecule has 0 spiro atoms. The number of rotatable bonds is 6. The zero-order valence-electron chi connectivity index (χ0n) is 14.0. The fraction of sp³-hybridized carbons (Fsp3) is 0.167. The number of thioether (sulfide) groups is 1. The number of nitrogens with one attached hydrogen (secondary N) is 1. The second-order valence-corrected chi connectivity index (χ2v) is 6.59. The van der Waals surface area contributed by atoms with Crippen LogP contribution in [0, 0.1) is 0 Å². The number of hydrogen-bond donors (Lipinski definition) is 1. The minimum atomic E-state index is -0.129. The van der Waals surface area contributed by atoms with Gasteiger partial charge in [-0.2, -0.15) is 0 Å². The lowest BCUT2D eigenvalue weighted by Gasteiger charge is -2.01. The van der Waals surface area contributed by atoms with Gasteiger partial charge in [-0.3, -0.25) is 4.79 Å². The quantitative estimate of drug-likeness (QED) is 0.526. The molecule has 0 fully saturated rings. The molecule has 3 heterocycles. The summed E-state index contributed by atoms with van der Waals surface area (Å²) < 4.78 is 12.9. The number of hydrogen-bond acceptors (Lipinski definition) is 6. The summed E-state index contributed by atoms with van der Waals surface area (Å²) in [7, 11) is 1.96. The van der Waals surface area contributed by atoms with Gasteiger partial charge in [0.05, 0.1) is 18.6 Å². The van der Waals surface area contributed by atoms with E-state index in [1.165, 1.54) is 11.8 Å². The average Bonchev–Trinajstić information content (AvgIpc) is 3.39. The third-order valence-electron chi connectivity index (χ3n) is 3.94. The van der Waals surface area contributed by atoms with Gasteiger partial charge in [-0.05, 0) is 24.3 Å². The molecule has 0 aliphatic heterocycles. The fourth-order valence-electron chi connectivity index (χ4n) is 2.64. The predicted octanol–water partition coefficient (Wildman–Crippen LogP) is 3.23. The first-order valence-electron chi connectivity index (χ1n) is 8.01. The van der Waals surface area contributed by atoms with E-state index in [1.807, 2.05) is 48.0 Å². The van der Waals surface area contributed by atoms with Crippen LogP contribution in [0.4, 0.5) is 0 Å². The van der Waals surface area contributed by atoms with Crippen molar-refractivity contribution in [1.29, 1.82) is 0 Å². The number of amides is 1. The van der Waals surface area contributed by atoms with Crippen molar-refractivity contribution in [3.05, 3.63) is 54.5 Å². The third kappa shape index (κ3) is 3.36. The van der Waals surface area contributed by atoms with E-state index >= 15 is 0 Å². The van der Waals surface area contributed by atoms with Crippen LogP contribution in [0.15, 0.2) is 62.8 Å². The first kappa shape index (κ1) is 16.5. The van der Waals surface area contributed by atoms with Crippen molar-refractivity contribution in [2.24, 2.45) is 7.05 Å². The molecule has 0 saturated carbocycles. The second-order valence-electron chi connectivity index (χ2n) is 5.67. The molecule has 0 unspecified atom stereocenters. The van der Waals surface area contributed by atoms with E-state index in [2.05, 4.69) is 15.5 Å². The van der Waals surface area contributed by atoms with Crippen molar-refractivity contribution in [3.8, 4) is 11.6 Å². The Morgan fingerprint density at radius 2 is 2.12 bits per heavy atom. The number of para-hydroxylation sites is 1. The summed E-state index contributed by atoms with van der Waals surface area (Å²) >= 11 is 1.20. The number of carbonyl (C=O) groups is 1. The third-order valence-corrected chi connectivity index (χ3v) is 4.76. The summed E-state index contributed by atoms with van der Waals surface area (Å²) in [5.41, 5.74) is 1.93. The molecule has 0 aliphatic carbocycles. The summed E-state index contributed by atoms with van der Waals surface area (Å²) in [5, 5.41) is 12.4. The lowest BCUT2D eigenvalue weighted by molar-refractivity contribution is -0.118. The largest absolute Gasteiger partial charge is 0.467 e. The van der Waals surface area contributed by atoms with Gasteiger partial charge >= 0.3 is 0 Å². The van der Waals surface area contributed by atoms with E-state index in [0.717, 1.165) is 16.6 Å². The van der Waals surface area contributed by atoms with Crippen LogP contribution in [-0.2, 0) is 18.4 Å². The predicted molar refractivity (Wildman–Crippen MR) is 97.5 cm³/mol. The number of carbonyl (C=O) groups excluding carboxylic acids is 1. The summed E-state index contributed by atoms with van der Waals surface area (Å²) in [4.78, 5) is 11.9. The Bertz CT molecular complexity index is 1040. The molecule has 3 aromatic heterocycles. The Hall–Kier alpha value is -3.00. The van der Waals surface area contributed by atoms with Crippen LogP contribution in [0.2, 0.25) is 0 Å². The van der Waals surface area contributed by atoms with Gasteiger partial charge in [-0.15, -0.1) is 10.2 Å². The maximum atomic E-state index is 11.9. The zero-order valence-corrected chi connectivity index (χ0v) is 14.8. The topological polar surface area (TPSA) is 86.1 Å². The van der Waals surface area contributed by atoms with Gasteiger partial charge in [0.2, 0.25) is 5.91 Å². The molecule has 0 atom stereocenters. The Balaban J connectivity index is 1.39.